The topological polar surface area (TPSA) is 64.7 Å². The third kappa shape index (κ3) is 1.98. The van der Waals surface area contributed by atoms with Crippen LogP contribution in [0.3, 0.4) is 0 Å². The highest BCUT2D eigenvalue weighted by Crippen LogP contribution is 2.75. The number of carbonyl (C=O) groups excluding carboxylic acids is 1. The van der Waals surface area contributed by atoms with E-state index in [4.69, 9.17) is 5.73 Å². The van der Waals surface area contributed by atoms with E-state index in [0.29, 0.717) is 16.2 Å². The number of ether oxygens (including phenoxy) is 1. The van der Waals surface area contributed by atoms with Gasteiger partial charge in [0.2, 0.25) is 0 Å². The number of benzene rings is 1. The molecule has 2 aliphatic rings. The van der Waals surface area contributed by atoms with Gasteiger partial charge in [0.05, 0.1) is 18.6 Å². The second-order valence-electron chi connectivity index (χ2n) is 5.61. The summed E-state index contributed by atoms with van der Waals surface area (Å²) < 4.78 is 46.4. The van der Waals surface area contributed by atoms with Crippen molar-refractivity contribution in [1.29, 1.82) is 0 Å². The molecule has 1 fully saturated rings. The fourth-order valence-corrected chi connectivity index (χ4v) is 5.07. The molecule has 1 saturated carbocycles. The van der Waals surface area contributed by atoms with Crippen LogP contribution < -0.4 is 5.73 Å². The Morgan fingerprint density at radius 1 is 1.48 bits per heavy atom. The summed E-state index contributed by atoms with van der Waals surface area (Å²) >= 11 is 3.67. The first kappa shape index (κ1) is 16.6. The minimum atomic E-state index is -3.42. The predicted molar refractivity (Wildman–Crippen MR) is 83.8 cm³/mol. The average Bonchev–Trinajstić information content (AvgIpc) is 2.98. The number of rotatable bonds is 2. The van der Waals surface area contributed by atoms with Crippen LogP contribution in [0, 0.1) is 11.7 Å². The van der Waals surface area contributed by atoms with Gasteiger partial charge in [-0.3, -0.25) is 9.79 Å². The summed E-state index contributed by atoms with van der Waals surface area (Å²) in [5.41, 5.74) is 3.96. The summed E-state index contributed by atoms with van der Waals surface area (Å²) in [4.78, 5) is 16.1. The lowest BCUT2D eigenvalue weighted by molar-refractivity contribution is -0.143. The Morgan fingerprint density at radius 2 is 2.13 bits per heavy atom. The summed E-state index contributed by atoms with van der Waals surface area (Å²) in [6.45, 7) is 1.35. The molecule has 1 heterocycles. The van der Waals surface area contributed by atoms with Crippen molar-refractivity contribution in [1.82, 2.24) is 0 Å². The number of halogens is 4. The molecule has 0 spiro atoms. The van der Waals surface area contributed by atoms with Gasteiger partial charge >= 0.3 is 5.97 Å². The monoisotopic (exact) mass is 408 g/mol. The number of methoxy groups -OCH3 is 1. The smallest absolute Gasteiger partial charge is 0.329 e. The molecule has 3 atom stereocenters. The van der Waals surface area contributed by atoms with Gasteiger partial charge in [0, 0.05) is 10.0 Å². The lowest BCUT2D eigenvalue weighted by atomic mass is 9.85. The standard InChI is InChI=1S/C14H12BrF3N2O2S/c1-12(7-5-6(15)3-4-8(7)16)9-13(10(21)22-2,14(9,17)18)23-11(19)20-12/h3-5,9H,1-2H3,(H2,19,20)/t9?,12-,13+/m1/s1. The maximum Gasteiger partial charge on any atom is 0.329 e. The Labute approximate surface area is 142 Å². The lowest BCUT2D eigenvalue weighted by Crippen LogP contribution is -2.40. The van der Waals surface area contributed by atoms with Crippen LogP contribution in [0.5, 0.6) is 0 Å². The normalized spacial score (nSPS) is 34.3. The largest absolute Gasteiger partial charge is 0.468 e. The highest BCUT2D eigenvalue weighted by molar-refractivity contribution is 9.10. The van der Waals surface area contributed by atoms with Crippen molar-refractivity contribution in [2.45, 2.75) is 23.1 Å². The third-order valence-corrected chi connectivity index (χ3v) is 6.10. The summed E-state index contributed by atoms with van der Waals surface area (Å²) in [7, 11) is 1.03. The molecule has 1 unspecified atom stereocenters. The number of esters is 1. The Morgan fingerprint density at radius 3 is 2.74 bits per heavy atom. The van der Waals surface area contributed by atoms with E-state index in [0.717, 1.165) is 13.2 Å². The van der Waals surface area contributed by atoms with Gasteiger partial charge in [-0.25, -0.2) is 13.2 Å². The lowest BCUT2D eigenvalue weighted by Gasteiger charge is -2.31. The maximum absolute atomic E-state index is 14.6. The quantitative estimate of drug-likeness (QED) is 0.763. The van der Waals surface area contributed by atoms with Gasteiger partial charge in [0.1, 0.15) is 5.82 Å². The number of thioether (sulfide) groups is 1. The zero-order chi connectivity index (χ0) is 17.2. The predicted octanol–water partition coefficient (Wildman–Crippen LogP) is 3.04. The second-order valence-corrected chi connectivity index (χ2v) is 7.79. The van der Waals surface area contributed by atoms with Crippen LogP contribution in [0.25, 0.3) is 0 Å². The molecular formula is C14H12BrF3N2O2S. The Kier molecular flexibility index (Phi) is 3.54. The molecule has 1 aromatic carbocycles. The van der Waals surface area contributed by atoms with Crippen molar-refractivity contribution >= 4 is 38.8 Å². The molecule has 1 aliphatic carbocycles. The van der Waals surface area contributed by atoms with E-state index in [1.54, 1.807) is 0 Å². The molecule has 0 aromatic heterocycles. The van der Waals surface area contributed by atoms with Gasteiger partial charge in [-0.2, -0.15) is 0 Å². The van der Waals surface area contributed by atoms with Crippen molar-refractivity contribution in [3.63, 3.8) is 0 Å². The number of hydrogen-bond acceptors (Lipinski definition) is 5. The molecule has 3 rings (SSSR count). The van der Waals surface area contributed by atoms with Crippen LogP contribution in [0.15, 0.2) is 27.7 Å². The molecule has 124 valence electrons. The molecule has 0 radical (unpaired) electrons. The number of alkyl halides is 2. The van der Waals surface area contributed by atoms with Gasteiger partial charge in [-0.1, -0.05) is 27.7 Å². The molecule has 9 heteroatoms. The van der Waals surface area contributed by atoms with Crippen LogP contribution in [0.1, 0.15) is 12.5 Å². The van der Waals surface area contributed by atoms with E-state index < -0.39 is 33.9 Å². The molecule has 0 amide bonds. The first-order valence-electron chi connectivity index (χ1n) is 6.57. The fraction of sp³-hybridized carbons (Fsp3) is 0.429. The number of nitrogens with two attached hydrogens (primary N) is 1. The third-order valence-electron chi connectivity index (χ3n) is 4.31. The molecule has 1 aliphatic heterocycles. The summed E-state index contributed by atoms with van der Waals surface area (Å²) in [5.74, 6) is -6.74. The highest BCUT2D eigenvalue weighted by atomic mass is 79.9. The van der Waals surface area contributed by atoms with E-state index in [1.807, 2.05) is 0 Å². The number of nitrogens with zero attached hydrogens (tertiary/aromatic N) is 1. The number of fused-ring (bicyclic) bond motifs is 1. The van der Waals surface area contributed by atoms with E-state index in [2.05, 4.69) is 25.7 Å². The van der Waals surface area contributed by atoms with E-state index in [-0.39, 0.29) is 10.7 Å². The van der Waals surface area contributed by atoms with Crippen LogP contribution in [0.4, 0.5) is 13.2 Å². The zero-order valence-corrected chi connectivity index (χ0v) is 14.5. The number of carbonyl (C=O) groups is 1. The minimum absolute atomic E-state index is 0.0504. The number of hydrogen-bond donors (Lipinski definition) is 1. The fourth-order valence-electron chi connectivity index (χ4n) is 3.29. The van der Waals surface area contributed by atoms with Gasteiger partial charge < -0.3 is 10.5 Å². The average molecular weight is 409 g/mol. The van der Waals surface area contributed by atoms with Crippen molar-refractivity contribution in [2.24, 2.45) is 16.6 Å². The summed E-state index contributed by atoms with van der Waals surface area (Å²) in [6.07, 6.45) is 0. The molecule has 2 N–H and O–H groups in total. The van der Waals surface area contributed by atoms with E-state index >= 15 is 0 Å². The SMILES string of the molecule is COC(=O)[C@@]12SC(N)=N[C@](C)(c3cc(Br)ccc3F)C1C2(F)F. The van der Waals surface area contributed by atoms with Gasteiger partial charge in [-0.15, -0.1) is 0 Å². The second kappa shape index (κ2) is 4.89. The van der Waals surface area contributed by atoms with Crippen molar-refractivity contribution in [3.05, 3.63) is 34.1 Å². The number of aliphatic imine (C=N–C) groups is 1. The zero-order valence-electron chi connectivity index (χ0n) is 12.1. The van der Waals surface area contributed by atoms with Gasteiger partial charge in [0.15, 0.2) is 9.91 Å². The first-order valence-corrected chi connectivity index (χ1v) is 8.18. The van der Waals surface area contributed by atoms with Crippen molar-refractivity contribution < 1.29 is 22.7 Å². The molecule has 23 heavy (non-hydrogen) atoms. The van der Waals surface area contributed by atoms with Crippen molar-refractivity contribution in [2.75, 3.05) is 7.11 Å². The summed E-state index contributed by atoms with van der Waals surface area (Å²) in [6, 6.07) is 3.97. The van der Waals surface area contributed by atoms with E-state index in [1.165, 1.54) is 19.1 Å². The Hall–Kier alpha value is -1.22. The van der Waals surface area contributed by atoms with Gasteiger partial charge in [0.25, 0.3) is 5.92 Å². The van der Waals surface area contributed by atoms with Crippen molar-refractivity contribution in [3.8, 4) is 0 Å². The molecule has 0 bridgehead atoms. The molecule has 0 saturated heterocycles. The van der Waals surface area contributed by atoms with Crippen LogP contribution >= 0.6 is 27.7 Å². The molecule has 1 aromatic rings. The Balaban J connectivity index is 2.22. The van der Waals surface area contributed by atoms with Gasteiger partial charge in [-0.05, 0) is 25.1 Å². The number of amidine groups is 1. The highest BCUT2D eigenvalue weighted by Gasteiger charge is 2.92. The maximum atomic E-state index is 14.6. The van der Waals surface area contributed by atoms with Crippen LogP contribution in [-0.2, 0) is 15.1 Å². The Bertz CT molecular complexity index is 745. The van der Waals surface area contributed by atoms with E-state index in [9.17, 15) is 18.0 Å². The minimum Gasteiger partial charge on any atom is -0.468 e. The molecule has 4 nitrogen and oxygen atoms in total. The summed E-state index contributed by atoms with van der Waals surface area (Å²) in [5, 5.41) is -0.203. The first-order chi connectivity index (χ1) is 10.6. The molecular weight excluding hydrogens is 397 g/mol. The van der Waals surface area contributed by atoms with Crippen LogP contribution in [-0.4, -0.2) is 28.9 Å². The van der Waals surface area contributed by atoms with Crippen LogP contribution in [0.2, 0.25) is 0 Å².